The van der Waals surface area contributed by atoms with E-state index in [-0.39, 0.29) is 0 Å². The number of benzene rings is 1. The summed E-state index contributed by atoms with van der Waals surface area (Å²) in [5.41, 5.74) is 5.89. The van der Waals surface area contributed by atoms with Gasteiger partial charge in [-0.15, -0.1) is 0 Å². The molecule has 17 heavy (non-hydrogen) atoms. The second-order valence-corrected chi connectivity index (χ2v) is 5.72. The van der Waals surface area contributed by atoms with E-state index in [1.807, 2.05) is 0 Å². The smallest absolute Gasteiger partial charge is 0.0959 e. The summed E-state index contributed by atoms with van der Waals surface area (Å²) >= 11 is 0. The van der Waals surface area contributed by atoms with Crippen molar-refractivity contribution in [2.45, 2.75) is 31.3 Å². The highest BCUT2D eigenvalue weighted by Crippen LogP contribution is 2.48. The molecule has 2 N–H and O–H groups in total. The van der Waals surface area contributed by atoms with E-state index >= 15 is 0 Å². The highest BCUT2D eigenvalue weighted by molar-refractivity contribution is 5.78. The van der Waals surface area contributed by atoms with Gasteiger partial charge in [0.25, 0.3) is 0 Å². The lowest BCUT2D eigenvalue weighted by atomic mass is 9.98. The Morgan fingerprint density at radius 2 is 1.88 bits per heavy atom. The summed E-state index contributed by atoms with van der Waals surface area (Å²) in [6.45, 7) is 4.54. The zero-order valence-corrected chi connectivity index (χ0v) is 10.5. The molecule has 1 aliphatic carbocycles. The van der Waals surface area contributed by atoms with E-state index < -0.39 is 0 Å². The summed E-state index contributed by atoms with van der Waals surface area (Å²) in [6.07, 6.45) is 1.77. The molecule has 0 saturated carbocycles. The molecule has 3 unspecified atom stereocenters. The van der Waals surface area contributed by atoms with Gasteiger partial charge in [0.05, 0.1) is 17.5 Å². The second-order valence-electron chi connectivity index (χ2n) is 5.72. The van der Waals surface area contributed by atoms with Gasteiger partial charge in [-0.3, -0.25) is 0 Å². The number of nitrogens with one attached hydrogen (secondary N) is 2. The maximum absolute atomic E-state index is 3.56. The van der Waals surface area contributed by atoms with Gasteiger partial charge in [-0.1, -0.05) is 0 Å². The van der Waals surface area contributed by atoms with Crippen molar-refractivity contribution in [2.24, 2.45) is 0 Å². The molecule has 4 rings (SSSR count). The fourth-order valence-corrected chi connectivity index (χ4v) is 3.68. The number of nitrogens with zero attached hydrogens (tertiary/aromatic N) is 1. The van der Waals surface area contributed by atoms with Crippen LogP contribution in [0.15, 0.2) is 12.1 Å². The second kappa shape index (κ2) is 3.16. The zero-order valence-electron chi connectivity index (χ0n) is 10.5. The Balaban J connectivity index is 1.87. The quantitative estimate of drug-likeness (QED) is 0.713. The van der Waals surface area contributed by atoms with Gasteiger partial charge in [0.15, 0.2) is 0 Å². The number of fused-ring (bicyclic) bond motifs is 6. The third-order valence-corrected chi connectivity index (χ3v) is 4.76. The van der Waals surface area contributed by atoms with Crippen LogP contribution in [0.1, 0.15) is 36.3 Å². The first-order chi connectivity index (χ1) is 8.24. The Hall–Kier alpha value is -1.22. The molecule has 1 aromatic carbocycles. The lowest BCUT2D eigenvalue weighted by Gasteiger charge is -2.20. The van der Waals surface area contributed by atoms with Gasteiger partial charge >= 0.3 is 0 Å². The number of piperidine rings is 1. The van der Waals surface area contributed by atoms with Gasteiger partial charge < -0.3 is 15.5 Å². The van der Waals surface area contributed by atoms with E-state index in [1.165, 1.54) is 17.8 Å². The molecular formula is C14H19N3. The molecule has 0 radical (unpaired) electrons. The van der Waals surface area contributed by atoms with E-state index in [2.05, 4.69) is 41.6 Å². The largest absolute Gasteiger partial charge is 0.364 e. The van der Waals surface area contributed by atoms with Gasteiger partial charge in [0, 0.05) is 20.1 Å². The number of rotatable bonds is 0. The molecular weight excluding hydrogens is 210 g/mol. The number of anilines is 2. The van der Waals surface area contributed by atoms with Crippen LogP contribution in [0.3, 0.4) is 0 Å². The predicted molar refractivity (Wildman–Crippen MR) is 70.9 cm³/mol. The summed E-state index contributed by atoms with van der Waals surface area (Å²) in [6, 6.07) is 4.83. The van der Waals surface area contributed by atoms with E-state index in [0.29, 0.717) is 6.17 Å². The first kappa shape index (κ1) is 9.77. The van der Waals surface area contributed by atoms with E-state index in [4.69, 9.17) is 0 Å². The number of hydrogen-bond donors (Lipinski definition) is 2. The van der Waals surface area contributed by atoms with Crippen molar-refractivity contribution in [1.29, 1.82) is 0 Å². The van der Waals surface area contributed by atoms with Crippen LogP contribution in [0.5, 0.6) is 0 Å². The SMILES string of the molecule is CC1Nc2cc3c(cc2N1C)C1CNCC3C1. The normalized spacial score (nSPS) is 33.3. The summed E-state index contributed by atoms with van der Waals surface area (Å²) < 4.78 is 0. The fourth-order valence-electron chi connectivity index (χ4n) is 3.68. The van der Waals surface area contributed by atoms with E-state index in [0.717, 1.165) is 24.9 Å². The Bertz CT molecular complexity index is 483. The standard InChI is InChI=1S/C14H19N3/c1-8-16-13-4-11-9-3-10(7-15-6-9)12(11)5-14(13)17(8)2/h4-5,8-10,15-16H,3,6-7H2,1-2H3. The Morgan fingerprint density at radius 1 is 1.18 bits per heavy atom. The van der Waals surface area contributed by atoms with Crippen LogP contribution in [-0.4, -0.2) is 26.3 Å². The lowest BCUT2D eigenvalue weighted by molar-refractivity contribution is 0.454. The molecule has 0 spiro atoms. The Labute approximate surface area is 102 Å². The maximum Gasteiger partial charge on any atom is 0.0959 e. The molecule has 0 amide bonds. The average molecular weight is 229 g/mol. The predicted octanol–water partition coefficient (Wildman–Crippen LogP) is 2.07. The van der Waals surface area contributed by atoms with Gasteiger partial charge in [-0.2, -0.15) is 0 Å². The summed E-state index contributed by atoms with van der Waals surface area (Å²) in [5, 5.41) is 7.12. The minimum Gasteiger partial charge on any atom is -0.364 e. The Morgan fingerprint density at radius 3 is 2.65 bits per heavy atom. The molecule has 2 heterocycles. The fraction of sp³-hybridized carbons (Fsp3) is 0.571. The minimum absolute atomic E-state index is 0.422. The first-order valence-electron chi connectivity index (χ1n) is 6.62. The van der Waals surface area contributed by atoms with Crippen molar-refractivity contribution in [3.63, 3.8) is 0 Å². The van der Waals surface area contributed by atoms with Crippen molar-refractivity contribution in [3.05, 3.63) is 23.3 Å². The topological polar surface area (TPSA) is 27.3 Å². The van der Waals surface area contributed by atoms with Gasteiger partial charge in [-0.25, -0.2) is 0 Å². The van der Waals surface area contributed by atoms with Crippen LogP contribution in [0, 0.1) is 0 Å². The van der Waals surface area contributed by atoms with E-state index in [9.17, 15) is 0 Å². The lowest BCUT2D eigenvalue weighted by Crippen LogP contribution is -2.29. The molecule has 3 atom stereocenters. The molecule has 2 aliphatic heterocycles. The molecule has 1 aromatic rings. The van der Waals surface area contributed by atoms with Crippen molar-refractivity contribution >= 4 is 11.4 Å². The van der Waals surface area contributed by atoms with Crippen LogP contribution in [0.4, 0.5) is 11.4 Å². The third kappa shape index (κ3) is 1.20. The van der Waals surface area contributed by atoms with Crippen LogP contribution in [0.2, 0.25) is 0 Å². The molecule has 3 nitrogen and oxygen atoms in total. The van der Waals surface area contributed by atoms with Crippen LogP contribution in [-0.2, 0) is 0 Å². The van der Waals surface area contributed by atoms with Gasteiger partial charge in [-0.05, 0) is 48.4 Å². The van der Waals surface area contributed by atoms with Gasteiger partial charge in [0.2, 0.25) is 0 Å². The monoisotopic (exact) mass is 229 g/mol. The van der Waals surface area contributed by atoms with Crippen molar-refractivity contribution in [3.8, 4) is 0 Å². The van der Waals surface area contributed by atoms with E-state index in [1.54, 1.807) is 11.1 Å². The molecule has 3 heteroatoms. The minimum atomic E-state index is 0.422. The summed E-state index contributed by atoms with van der Waals surface area (Å²) in [5.74, 6) is 1.50. The van der Waals surface area contributed by atoms with Crippen molar-refractivity contribution < 1.29 is 0 Å². The Kier molecular flexibility index (Phi) is 1.82. The van der Waals surface area contributed by atoms with Crippen molar-refractivity contribution in [2.75, 3.05) is 30.4 Å². The first-order valence-corrected chi connectivity index (χ1v) is 6.62. The average Bonchev–Trinajstić information content (AvgIpc) is 2.75. The molecule has 1 saturated heterocycles. The van der Waals surface area contributed by atoms with Crippen molar-refractivity contribution in [1.82, 2.24) is 5.32 Å². The van der Waals surface area contributed by atoms with Crippen LogP contribution < -0.4 is 15.5 Å². The highest BCUT2D eigenvalue weighted by atomic mass is 15.3. The van der Waals surface area contributed by atoms with Crippen LogP contribution >= 0.6 is 0 Å². The molecule has 2 bridgehead atoms. The number of hydrogen-bond acceptors (Lipinski definition) is 3. The molecule has 90 valence electrons. The van der Waals surface area contributed by atoms with Crippen LogP contribution in [0.25, 0.3) is 0 Å². The highest BCUT2D eigenvalue weighted by Gasteiger charge is 2.36. The molecule has 0 aromatic heterocycles. The summed E-state index contributed by atoms with van der Waals surface area (Å²) in [4.78, 5) is 2.34. The van der Waals surface area contributed by atoms with Gasteiger partial charge in [0.1, 0.15) is 0 Å². The molecule has 3 aliphatic rings. The maximum atomic E-state index is 3.56. The molecule has 1 fully saturated rings. The summed E-state index contributed by atoms with van der Waals surface area (Å²) in [7, 11) is 2.18. The zero-order chi connectivity index (χ0) is 11.6. The third-order valence-electron chi connectivity index (χ3n) is 4.76.